The molecular weight excluding hydrogens is 257 g/mol. The maximum absolute atomic E-state index is 6.22. The maximum atomic E-state index is 6.22. The van der Waals surface area contributed by atoms with Gasteiger partial charge in [-0.25, -0.2) is 0 Å². The Labute approximate surface area is 112 Å². The molecule has 17 heavy (non-hydrogen) atoms. The average molecular weight is 274 g/mol. The highest BCUT2D eigenvalue weighted by molar-refractivity contribution is 6.35. The van der Waals surface area contributed by atoms with Crippen molar-refractivity contribution in [3.63, 3.8) is 0 Å². The summed E-state index contributed by atoms with van der Waals surface area (Å²) in [5.41, 5.74) is 7.28. The standard InChI is InChI=1S/C13H17Cl2NO/c14-11-4-3-9(12(15)7-11)6-13(16)10-2-1-5-17-8-10/h3-4,7,10,13H,1-2,5-6,8,16H2. The van der Waals surface area contributed by atoms with Crippen molar-refractivity contribution in [3.8, 4) is 0 Å². The van der Waals surface area contributed by atoms with Crippen LogP contribution >= 0.6 is 23.2 Å². The Kier molecular flexibility index (Phi) is 4.69. The molecule has 1 aliphatic heterocycles. The van der Waals surface area contributed by atoms with Crippen LogP contribution in [-0.4, -0.2) is 19.3 Å². The highest BCUT2D eigenvalue weighted by Crippen LogP contribution is 2.25. The number of hydrogen-bond acceptors (Lipinski definition) is 2. The van der Waals surface area contributed by atoms with Gasteiger partial charge in [-0.3, -0.25) is 0 Å². The first kappa shape index (κ1) is 13.2. The number of halogens is 2. The lowest BCUT2D eigenvalue weighted by Crippen LogP contribution is -2.37. The topological polar surface area (TPSA) is 35.2 Å². The molecule has 1 heterocycles. The van der Waals surface area contributed by atoms with E-state index in [1.54, 1.807) is 6.07 Å². The number of rotatable bonds is 3. The molecule has 0 aromatic heterocycles. The van der Waals surface area contributed by atoms with Gasteiger partial charge in [0.15, 0.2) is 0 Å². The molecule has 0 bridgehead atoms. The van der Waals surface area contributed by atoms with Gasteiger partial charge in [-0.2, -0.15) is 0 Å². The average Bonchev–Trinajstić information content (AvgIpc) is 2.34. The third-order valence-electron chi connectivity index (χ3n) is 3.27. The first-order chi connectivity index (χ1) is 8.16. The van der Waals surface area contributed by atoms with Crippen molar-refractivity contribution in [2.24, 2.45) is 11.7 Å². The van der Waals surface area contributed by atoms with Gasteiger partial charge in [0.1, 0.15) is 0 Å². The molecule has 0 amide bonds. The van der Waals surface area contributed by atoms with E-state index in [9.17, 15) is 0 Å². The van der Waals surface area contributed by atoms with E-state index in [1.807, 2.05) is 12.1 Å². The molecule has 4 heteroatoms. The van der Waals surface area contributed by atoms with Gasteiger partial charge < -0.3 is 10.5 Å². The minimum atomic E-state index is 0.106. The Hall–Kier alpha value is -0.280. The van der Waals surface area contributed by atoms with Crippen LogP contribution in [0.4, 0.5) is 0 Å². The lowest BCUT2D eigenvalue weighted by Gasteiger charge is -2.27. The minimum absolute atomic E-state index is 0.106. The maximum Gasteiger partial charge on any atom is 0.0509 e. The smallest absolute Gasteiger partial charge is 0.0509 e. The summed E-state index contributed by atoms with van der Waals surface area (Å²) in [7, 11) is 0. The summed E-state index contributed by atoms with van der Waals surface area (Å²) in [4.78, 5) is 0. The van der Waals surface area contributed by atoms with Gasteiger partial charge in [0.2, 0.25) is 0 Å². The normalized spacial score (nSPS) is 22.4. The van der Waals surface area contributed by atoms with E-state index in [0.29, 0.717) is 16.0 Å². The fourth-order valence-corrected chi connectivity index (χ4v) is 2.70. The fourth-order valence-electron chi connectivity index (χ4n) is 2.21. The van der Waals surface area contributed by atoms with Crippen LogP contribution in [0.2, 0.25) is 10.0 Å². The Morgan fingerprint density at radius 2 is 2.24 bits per heavy atom. The van der Waals surface area contributed by atoms with Crippen LogP contribution in [0.15, 0.2) is 18.2 Å². The van der Waals surface area contributed by atoms with Gasteiger partial charge in [0.25, 0.3) is 0 Å². The van der Waals surface area contributed by atoms with E-state index in [1.165, 1.54) is 0 Å². The van der Waals surface area contributed by atoms with Crippen molar-refractivity contribution >= 4 is 23.2 Å². The van der Waals surface area contributed by atoms with E-state index < -0.39 is 0 Å². The van der Waals surface area contributed by atoms with Gasteiger partial charge in [-0.1, -0.05) is 29.3 Å². The summed E-state index contributed by atoms with van der Waals surface area (Å²) in [5, 5.41) is 1.36. The van der Waals surface area contributed by atoms with Crippen molar-refractivity contribution in [1.29, 1.82) is 0 Å². The van der Waals surface area contributed by atoms with Crippen LogP contribution in [0.25, 0.3) is 0 Å². The lowest BCUT2D eigenvalue weighted by molar-refractivity contribution is 0.0450. The Bertz CT molecular complexity index is 378. The molecule has 1 aromatic rings. The molecule has 1 saturated heterocycles. The van der Waals surface area contributed by atoms with Gasteiger partial charge in [0, 0.05) is 22.7 Å². The quantitative estimate of drug-likeness (QED) is 0.918. The van der Waals surface area contributed by atoms with Crippen molar-refractivity contribution in [1.82, 2.24) is 0 Å². The predicted octanol–water partition coefficient (Wildman–Crippen LogP) is 3.29. The molecule has 1 aliphatic rings. The van der Waals surface area contributed by atoms with Crippen LogP contribution in [0.5, 0.6) is 0 Å². The summed E-state index contributed by atoms with van der Waals surface area (Å²) in [6.07, 6.45) is 3.03. The van der Waals surface area contributed by atoms with Crippen LogP contribution in [0.3, 0.4) is 0 Å². The second-order valence-corrected chi connectivity index (χ2v) is 5.42. The van der Waals surface area contributed by atoms with Crippen LogP contribution in [0, 0.1) is 5.92 Å². The first-order valence-corrected chi connectivity index (χ1v) is 6.69. The van der Waals surface area contributed by atoms with Gasteiger partial charge in [0.05, 0.1) is 6.61 Å². The number of hydrogen-bond donors (Lipinski definition) is 1. The van der Waals surface area contributed by atoms with Crippen LogP contribution < -0.4 is 5.73 Å². The van der Waals surface area contributed by atoms with E-state index in [2.05, 4.69) is 0 Å². The molecule has 2 N–H and O–H groups in total. The molecule has 2 nitrogen and oxygen atoms in total. The molecule has 1 aromatic carbocycles. The van der Waals surface area contributed by atoms with Crippen molar-refractivity contribution in [2.45, 2.75) is 25.3 Å². The van der Waals surface area contributed by atoms with Gasteiger partial charge in [-0.05, 0) is 42.9 Å². The van der Waals surface area contributed by atoms with Crippen LogP contribution in [0.1, 0.15) is 18.4 Å². The lowest BCUT2D eigenvalue weighted by atomic mass is 9.90. The summed E-state index contributed by atoms with van der Waals surface area (Å²) in [5.74, 6) is 0.440. The van der Waals surface area contributed by atoms with Crippen LogP contribution in [-0.2, 0) is 11.2 Å². The fraction of sp³-hybridized carbons (Fsp3) is 0.538. The first-order valence-electron chi connectivity index (χ1n) is 5.94. The van der Waals surface area contributed by atoms with Crippen molar-refractivity contribution < 1.29 is 4.74 Å². The SMILES string of the molecule is NC(Cc1ccc(Cl)cc1Cl)C1CCCOC1. The summed E-state index contributed by atoms with van der Waals surface area (Å²) in [6, 6.07) is 5.68. The molecule has 0 saturated carbocycles. The van der Waals surface area contributed by atoms with Gasteiger partial charge >= 0.3 is 0 Å². The monoisotopic (exact) mass is 273 g/mol. The zero-order valence-corrected chi connectivity index (χ0v) is 11.2. The highest BCUT2D eigenvalue weighted by atomic mass is 35.5. The second kappa shape index (κ2) is 6.05. The predicted molar refractivity (Wildman–Crippen MR) is 71.7 cm³/mol. The molecule has 2 rings (SSSR count). The van der Waals surface area contributed by atoms with Crippen molar-refractivity contribution in [3.05, 3.63) is 33.8 Å². The molecule has 1 fully saturated rings. The van der Waals surface area contributed by atoms with E-state index >= 15 is 0 Å². The largest absolute Gasteiger partial charge is 0.381 e. The second-order valence-electron chi connectivity index (χ2n) is 4.58. The summed E-state index contributed by atoms with van der Waals surface area (Å²) in [6.45, 7) is 1.64. The summed E-state index contributed by atoms with van der Waals surface area (Å²) < 4.78 is 5.46. The molecule has 94 valence electrons. The zero-order valence-electron chi connectivity index (χ0n) is 9.66. The van der Waals surface area contributed by atoms with Gasteiger partial charge in [-0.15, -0.1) is 0 Å². The number of benzene rings is 1. The Morgan fingerprint density at radius 3 is 2.88 bits per heavy atom. The third-order valence-corrected chi connectivity index (χ3v) is 3.86. The molecule has 0 spiro atoms. The highest BCUT2D eigenvalue weighted by Gasteiger charge is 2.21. The molecule has 2 atom stereocenters. The molecule has 0 aliphatic carbocycles. The van der Waals surface area contributed by atoms with E-state index in [0.717, 1.165) is 38.0 Å². The molecular formula is C13H17Cl2NO. The summed E-state index contributed by atoms with van der Waals surface area (Å²) >= 11 is 12.0. The molecule has 0 radical (unpaired) electrons. The van der Waals surface area contributed by atoms with Crippen molar-refractivity contribution in [2.75, 3.05) is 13.2 Å². The van der Waals surface area contributed by atoms with E-state index in [-0.39, 0.29) is 6.04 Å². The number of ether oxygens (including phenoxy) is 1. The van der Waals surface area contributed by atoms with E-state index in [4.69, 9.17) is 33.7 Å². The third kappa shape index (κ3) is 3.59. The zero-order chi connectivity index (χ0) is 12.3. The molecule has 2 unspecified atom stereocenters. The minimum Gasteiger partial charge on any atom is -0.381 e. The number of nitrogens with two attached hydrogens (primary N) is 1. The Morgan fingerprint density at radius 1 is 1.41 bits per heavy atom. The Balaban J connectivity index is 1.99.